The van der Waals surface area contributed by atoms with Gasteiger partial charge in [-0.2, -0.15) is 19.9 Å². The number of aromatic nitrogens is 6. The molecule has 0 radical (unpaired) electrons. The largest absolute Gasteiger partial charge is 0.383 e. The lowest BCUT2D eigenvalue weighted by Gasteiger charge is -2.05. The number of aryl methyl sites for hydroxylation is 1. The van der Waals surface area contributed by atoms with Crippen LogP contribution in [-0.2, 0) is 0 Å². The monoisotopic (exact) mass is 325 g/mol. The Morgan fingerprint density at radius 1 is 1.21 bits per heavy atom. The highest BCUT2D eigenvalue weighted by molar-refractivity contribution is 5.75. The van der Waals surface area contributed by atoms with Crippen LogP contribution in [0.25, 0.3) is 22.7 Å². The van der Waals surface area contributed by atoms with Gasteiger partial charge in [-0.3, -0.25) is 9.78 Å². The molecule has 0 fully saturated rings. The van der Waals surface area contributed by atoms with E-state index in [1.54, 1.807) is 25.1 Å². The van der Waals surface area contributed by atoms with Crippen LogP contribution in [0.2, 0.25) is 0 Å². The zero-order valence-corrected chi connectivity index (χ0v) is 12.6. The zero-order chi connectivity index (χ0) is 16.8. The van der Waals surface area contributed by atoms with Crippen molar-refractivity contribution in [2.24, 2.45) is 0 Å². The van der Waals surface area contributed by atoms with Crippen LogP contribution in [0.15, 0.2) is 41.3 Å². The maximum absolute atomic E-state index is 13.1. The van der Waals surface area contributed by atoms with Crippen LogP contribution in [0.5, 0.6) is 0 Å². The Bertz CT molecular complexity index is 1110. The summed E-state index contributed by atoms with van der Waals surface area (Å²) in [5.74, 6) is 0.173. The first-order valence-electron chi connectivity index (χ1n) is 7.09. The molecule has 0 aliphatic carbocycles. The van der Waals surface area contributed by atoms with E-state index < -0.39 is 0 Å². The summed E-state index contributed by atoms with van der Waals surface area (Å²) in [6, 6.07) is 7.40. The van der Waals surface area contributed by atoms with Gasteiger partial charge in [-0.1, -0.05) is 0 Å². The molecule has 9 heteroatoms. The molecule has 4 aromatic rings. The molecule has 0 aliphatic heterocycles. The number of rotatable bonds is 2. The molecular formula is C15H12FN7O. The quantitative estimate of drug-likeness (QED) is 0.578. The van der Waals surface area contributed by atoms with Gasteiger partial charge in [-0.05, 0) is 31.2 Å². The minimum absolute atomic E-state index is 0.182. The van der Waals surface area contributed by atoms with Gasteiger partial charge in [-0.15, -0.1) is 0 Å². The summed E-state index contributed by atoms with van der Waals surface area (Å²) in [5.41, 5.74) is 7.12. The summed E-state index contributed by atoms with van der Waals surface area (Å²) in [7, 11) is 0. The van der Waals surface area contributed by atoms with Crippen LogP contribution in [0, 0.1) is 12.7 Å². The molecule has 0 unspecified atom stereocenters. The Morgan fingerprint density at radius 2 is 1.96 bits per heavy atom. The molecule has 8 nitrogen and oxygen atoms in total. The number of nitrogen functional groups attached to an aromatic ring is 1. The topological polar surface area (TPSA) is 107 Å². The molecule has 120 valence electrons. The van der Waals surface area contributed by atoms with Crippen molar-refractivity contribution in [1.29, 1.82) is 0 Å². The van der Waals surface area contributed by atoms with Gasteiger partial charge in [0, 0.05) is 6.07 Å². The first kappa shape index (κ1) is 14.1. The number of hydrogen-bond acceptors (Lipinski definition) is 5. The molecule has 3 N–H and O–H groups in total. The fourth-order valence-electron chi connectivity index (χ4n) is 2.47. The van der Waals surface area contributed by atoms with Gasteiger partial charge in [0.25, 0.3) is 5.56 Å². The average Bonchev–Trinajstić information content (AvgIpc) is 3.11. The van der Waals surface area contributed by atoms with Crippen molar-refractivity contribution >= 4 is 16.9 Å². The predicted molar refractivity (Wildman–Crippen MR) is 85.7 cm³/mol. The normalized spacial score (nSPS) is 11.2. The average molecular weight is 325 g/mol. The predicted octanol–water partition coefficient (Wildman–Crippen LogP) is 1.32. The molecular weight excluding hydrogens is 313 g/mol. The summed E-state index contributed by atoms with van der Waals surface area (Å²) < 4.78 is 15.9. The number of hydrogen-bond donors (Lipinski definition) is 2. The molecule has 0 atom stereocenters. The second-order valence-corrected chi connectivity index (χ2v) is 5.28. The van der Waals surface area contributed by atoms with Gasteiger partial charge in [0.1, 0.15) is 17.0 Å². The maximum atomic E-state index is 13.1. The number of halogens is 1. The van der Waals surface area contributed by atoms with Crippen LogP contribution in [-0.4, -0.2) is 29.5 Å². The summed E-state index contributed by atoms with van der Waals surface area (Å²) >= 11 is 0. The fourth-order valence-corrected chi connectivity index (χ4v) is 2.47. The Hall–Kier alpha value is -3.49. The molecule has 1 aromatic carbocycles. The Kier molecular flexibility index (Phi) is 2.95. The van der Waals surface area contributed by atoms with Crippen molar-refractivity contribution in [2.45, 2.75) is 6.92 Å². The Balaban J connectivity index is 1.96. The minimum atomic E-state index is -0.365. The van der Waals surface area contributed by atoms with Crippen LogP contribution >= 0.6 is 0 Å². The molecule has 0 bridgehead atoms. The second kappa shape index (κ2) is 5.01. The van der Waals surface area contributed by atoms with E-state index in [9.17, 15) is 9.18 Å². The third-order valence-electron chi connectivity index (χ3n) is 3.56. The molecule has 0 spiro atoms. The number of nitrogens with zero attached hydrogens (tertiary/aromatic N) is 5. The number of fused-ring (bicyclic) bond motifs is 1. The first-order chi connectivity index (χ1) is 11.5. The molecule has 3 heterocycles. The van der Waals surface area contributed by atoms with Crippen LogP contribution in [0.1, 0.15) is 5.69 Å². The number of nitrogens with two attached hydrogens (primary N) is 1. The number of benzene rings is 1. The van der Waals surface area contributed by atoms with Crippen LogP contribution < -0.4 is 11.3 Å². The lowest BCUT2D eigenvalue weighted by molar-refractivity contribution is 0.627. The van der Waals surface area contributed by atoms with E-state index in [-0.39, 0.29) is 17.3 Å². The number of nitrogens with one attached hydrogen (secondary N) is 1. The number of H-pyrrole nitrogens is 1. The zero-order valence-electron chi connectivity index (χ0n) is 12.6. The van der Waals surface area contributed by atoms with Crippen molar-refractivity contribution in [3.63, 3.8) is 0 Å². The van der Waals surface area contributed by atoms with Crippen molar-refractivity contribution in [3.05, 3.63) is 58.4 Å². The molecule has 0 saturated heterocycles. The number of aromatic amines is 1. The third-order valence-corrected chi connectivity index (χ3v) is 3.56. The smallest absolute Gasteiger partial charge is 0.263 e. The van der Waals surface area contributed by atoms with E-state index in [1.807, 2.05) is 0 Å². The van der Waals surface area contributed by atoms with Gasteiger partial charge in [-0.25, -0.2) is 9.07 Å². The highest BCUT2D eigenvalue weighted by Gasteiger charge is 2.14. The summed E-state index contributed by atoms with van der Waals surface area (Å²) in [4.78, 5) is 19.3. The first-order valence-corrected chi connectivity index (χ1v) is 7.09. The minimum Gasteiger partial charge on any atom is -0.383 e. The van der Waals surface area contributed by atoms with E-state index in [2.05, 4.69) is 20.2 Å². The van der Waals surface area contributed by atoms with Gasteiger partial charge in [0.2, 0.25) is 5.95 Å². The van der Waals surface area contributed by atoms with Gasteiger partial charge in [0.15, 0.2) is 5.65 Å². The second-order valence-electron chi connectivity index (χ2n) is 5.28. The summed E-state index contributed by atoms with van der Waals surface area (Å²) in [5, 5.41) is 8.69. The molecule has 4 rings (SSSR count). The van der Waals surface area contributed by atoms with E-state index in [0.29, 0.717) is 28.2 Å². The molecule has 3 aromatic heterocycles. The van der Waals surface area contributed by atoms with Crippen molar-refractivity contribution in [1.82, 2.24) is 29.5 Å². The Morgan fingerprint density at radius 3 is 2.62 bits per heavy atom. The number of anilines is 1. The lowest BCUT2D eigenvalue weighted by atomic mass is 10.3. The summed E-state index contributed by atoms with van der Waals surface area (Å²) in [6.45, 7) is 1.78. The highest BCUT2D eigenvalue weighted by Crippen LogP contribution is 2.16. The third kappa shape index (κ3) is 2.14. The van der Waals surface area contributed by atoms with Gasteiger partial charge < -0.3 is 5.73 Å². The van der Waals surface area contributed by atoms with E-state index in [0.717, 1.165) is 0 Å². The van der Waals surface area contributed by atoms with E-state index in [1.165, 1.54) is 27.7 Å². The van der Waals surface area contributed by atoms with Crippen molar-refractivity contribution in [2.75, 3.05) is 5.73 Å². The van der Waals surface area contributed by atoms with E-state index in [4.69, 9.17) is 5.73 Å². The molecule has 0 saturated carbocycles. The maximum Gasteiger partial charge on any atom is 0.263 e. The molecule has 0 amide bonds. The van der Waals surface area contributed by atoms with Crippen molar-refractivity contribution in [3.8, 4) is 11.6 Å². The van der Waals surface area contributed by atoms with Gasteiger partial charge in [0.05, 0.1) is 17.6 Å². The molecule has 24 heavy (non-hydrogen) atoms. The van der Waals surface area contributed by atoms with Crippen LogP contribution in [0.3, 0.4) is 0 Å². The summed E-state index contributed by atoms with van der Waals surface area (Å²) in [6.07, 6.45) is 1.41. The Labute approximate surface area is 134 Å². The van der Waals surface area contributed by atoms with E-state index >= 15 is 0 Å². The molecule has 0 aliphatic rings. The SMILES string of the molecule is Cc1cc(N)n(-c2nc3c(cnn3-c3ccc(F)cc3)c(=O)[nH]2)n1. The van der Waals surface area contributed by atoms with Crippen molar-refractivity contribution < 1.29 is 4.39 Å². The standard InChI is InChI=1S/C15H12FN7O/c1-8-6-12(17)23(21-8)15-19-13-11(14(24)20-15)7-18-22(13)10-4-2-9(16)3-5-10/h2-7H,17H2,1H3,(H,19,20,24). The lowest BCUT2D eigenvalue weighted by Crippen LogP contribution is -2.16. The highest BCUT2D eigenvalue weighted by atomic mass is 19.1. The van der Waals surface area contributed by atoms with Gasteiger partial charge >= 0.3 is 0 Å². The fraction of sp³-hybridized carbons (Fsp3) is 0.0667. The van der Waals surface area contributed by atoms with Crippen LogP contribution in [0.4, 0.5) is 10.2 Å².